The van der Waals surface area contributed by atoms with Gasteiger partial charge < -0.3 is 10.1 Å². The van der Waals surface area contributed by atoms with Gasteiger partial charge in [0, 0.05) is 18.7 Å². The fourth-order valence-electron chi connectivity index (χ4n) is 2.55. The summed E-state index contributed by atoms with van der Waals surface area (Å²) in [4.78, 5) is 0. The standard InChI is InChI=1S/C13H25NO/c1-9(2)13-8-12(6-7-15-13)14-10(3)11-4-5-11/h9-14H,4-8H2,1-3H3. The molecule has 1 saturated heterocycles. The van der Waals surface area contributed by atoms with Crippen LogP contribution in [0.3, 0.4) is 0 Å². The van der Waals surface area contributed by atoms with Crippen LogP contribution in [0.4, 0.5) is 0 Å². The van der Waals surface area contributed by atoms with Gasteiger partial charge in [-0.3, -0.25) is 0 Å². The third kappa shape index (κ3) is 3.18. The van der Waals surface area contributed by atoms with Crippen molar-refractivity contribution in [2.24, 2.45) is 11.8 Å². The van der Waals surface area contributed by atoms with Crippen molar-refractivity contribution in [2.45, 2.75) is 64.6 Å². The maximum absolute atomic E-state index is 5.79. The van der Waals surface area contributed by atoms with Gasteiger partial charge in [0.15, 0.2) is 0 Å². The Morgan fingerprint density at radius 1 is 1.13 bits per heavy atom. The summed E-state index contributed by atoms with van der Waals surface area (Å²) < 4.78 is 5.79. The maximum atomic E-state index is 5.79. The summed E-state index contributed by atoms with van der Waals surface area (Å²) in [5.74, 6) is 1.62. The van der Waals surface area contributed by atoms with E-state index in [9.17, 15) is 0 Å². The number of ether oxygens (including phenoxy) is 1. The Bertz CT molecular complexity index is 199. The molecule has 2 heteroatoms. The molecule has 0 aromatic heterocycles. The number of rotatable bonds is 4. The topological polar surface area (TPSA) is 21.3 Å². The summed E-state index contributed by atoms with van der Waals surface area (Å²) in [6, 6.07) is 1.42. The second kappa shape index (κ2) is 4.84. The minimum atomic E-state index is 0.475. The minimum absolute atomic E-state index is 0.475. The highest BCUT2D eigenvalue weighted by atomic mass is 16.5. The Labute approximate surface area is 93.8 Å². The second-order valence-corrected chi connectivity index (χ2v) is 5.67. The third-order valence-corrected chi connectivity index (χ3v) is 3.89. The van der Waals surface area contributed by atoms with E-state index in [4.69, 9.17) is 4.74 Å². The fraction of sp³-hybridized carbons (Fsp3) is 1.00. The van der Waals surface area contributed by atoms with Crippen molar-refractivity contribution in [2.75, 3.05) is 6.61 Å². The highest BCUT2D eigenvalue weighted by molar-refractivity contribution is 4.87. The molecule has 0 aromatic rings. The molecule has 2 fully saturated rings. The van der Waals surface area contributed by atoms with Crippen molar-refractivity contribution < 1.29 is 4.74 Å². The quantitative estimate of drug-likeness (QED) is 0.771. The first kappa shape index (κ1) is 11.4. The molecular formula is C13H25NO. The second-order valence-electron chi connectivity index (χ2n) is 5.67. The van der Waals surface area contributed by atoms with E-state index in [-0.39, 0.29) is 0 Å². The smallest absolute Gasteiger partial charge is 0.0612 e. The monoisotopic (exact) mass is 211 g/mol. The number of hydrogen-bond acceptors (Lipinski definition) is 2. The highest BCUT2D eigenvalue weighted by Crippen LogP contribution is 2.33. The van der Waals surface area contributed by atoms with Crippen LogP contribution in [0.1, 0.15) is 46.5 Å². The predicted molar refractivity (Wildman–Crippen MR) is 62.9 cm³/mol. The van der Waals surface area contributed by atoms with Crippen molar-refractivity contribution in [3.05, 3.63) is 0 Å². The van der Waals surface area contributed by atoms with Crippen LogP contribution in [0.25, 0.3) is 0 Å². The number of nitrogens with one attached hydrogen (secondary N) is 1. The molecule has 1 heterocycles. The Balaban J connectivity index is 1.76. The van der Waals surface area contributed by atoms with E-state index < -0.39 is 0 Å². The van der Waals surface area contributed by atoms with Crippen molar-refractivity contribution in [3.63, 3.8) is 0 Å². The van der Waals surface area contributed by atoms with Crippen LogP contribution >= 0.6 is 0 Å². The maximum Gasteiger partial charge on any atom is 0.0612 e. The van der Waals surface area contributed by atoms with E-state index in [0.717, 1.165) is 18.6 Å². The molecule has 0 radical (unpaired) electrons. The molecule has 0 bridgehead atoms. The van der Waals surface area contributed by atoms with Crippen molar-refractivity contribution in [1.29, 1.82) is 0 Å². The summed E-state index contributed by atoms with van der Waals surface area (Å²) in [5, 5.41) is 3.79. The number of hydrogen-bond donors (Lipinski definition) is 1. The average molecular weight is 211 g/mol. The first-order chi connectivity index (χ1) is 7.16. The predicted octanol–water partition coefficient (Wildman–Crippen LogP) is 2.58. The highest BCUT2D eigenvalue weighted by Gasteiger charge is 2.31. The lowest BCUT2D eigenvalue weighted by Gasteiger charge is -2.34. The van der Waals surface area contributed by atoms with Crippen LogP contribution in [-0.2, 0) is 4.74 Å². The van der Waals surface area contributed by atoms with Crippen LogP contribution in [0, 0.1) is 11.8 Å². The summed E-state index contributed by atoms with van der Waals surface area (Å²) in [6.07, 6.45) is 5.74. The van der Waals surface area contributed by atoms with E-state index in [1.54, 1.807) is 0 Å². The van der Waals surface area contributed by atoms with Crippen LogP contribution in [-0.4, -0.2) is 24.8 Å². The summed E-state index contributed by atoms with van der Waals surface area (Å²) >= 11 is 0. The zero-order valence-electron chi connectivity index (χ0n) is 10.3. The Hall–Kier alpha value is -0.0800. The van der Waals surface area contributed by atoms with E-state index in [2.05, 4.69) is 26.1 Å². The van der Waals surface area contributed by atoms with Crippen molar-refractivity contribution >= 4 is 0 Å². The Morgan fingerprint density at radius 2 is 1.87 bits per heavy atom. The Morgan fingerprint density at radius 3 is 2.47 bits per heavy atom. The Kier molecular flexibility index (Phi) is 3.68. The third-order valence-electron chi connectivity index (χ3n) is 3.89. The first-order valence-corrected chi connectivity index (χ1v) is 6.54. The fourth-order valence-corrected chi connectivity index (χ4v) is 2.55. The van der Waals surface area contributed by atoms with E-state index in [1.807, 2.05) is 0 Å². The molecular weight excluding hydrogens is 186 g/mol. The normalized spacial score (nSPS) is 34.4. The molecule has 2 aliphatic rings. The minimum Gasteiger partial charge on any atom is -0.378 e. The molecule has 15 heavy (non-hydrogen) atoms. The molecule has 3 unspecified atom stereocenters. The van der Waals surface area contributed by atoms with Gasteiger partial charge in [-0.1, -0.05) is 13.8 Å². The molecule has 0 amide bonds. The molecule has 3 atom stereocenters. The molecule has 1 aliphatic carbocycles. The van der Waals surface area contributed by atoms with E-state index >= 15 is 0 Å². The lowest BCUT2D eigenvalue weighted by atomic mass is 9.94. The lowest BCUT2D eigenvalue weighted by molar-refractivity contribution is -0.0259. The van der Waals surface area contributed by atoms with Gasteiger partial charge in [0.25, 0.3) is 0 Å². The molecule has 2 nitrogen and oxygen atoms in total. The van der Waals surface area contributed by atoms with Gasteiger partial charge in [-0.25, -0.2) is 0 Å². The molecule has 1 saturated carbocycles. The van der Waals surface area contributed by atoms with E-state index in [0.29, 0.717) is 18.1 Å². The molecule has 0 aromatic carbocycles. The van der Waals surface area contributed by atoms with Gasteiger partial charge >= 0.3 is 0 Å². The van der Waals surface area contributed by atoms with Gasteiger partial charge in [0.2, 0.25) is 0 Å². The SMILES string of the molecule is CC(C)C1CC(NC(C)C2CC2)CCO1. The molecule has 1 N–H and O–H groups in total. The van der Waals surface area contributed by atoms with Crippen LogP contribution in [0.2, 0.25) is 0 Å². The van der Waals surface area contributed by atoms with Crippen molar-refractivity contribution in [3.8, 4) is 0 Å². The van der Waals surface area contributed by atoms with Gasteiger partial charge in [0.1, 0.15) is 0 Å². The van der Waals surface area contributed by atoms with Gasteiger partial charge in [0.05, 0.1) is 6.10 Å². The summed E-state index contributed by atoms with van der Waals surface area (Å²) in [5.41, 5.74) is 0. The first-order valence-electron chi connectivity index (χ1n) is 6.54. The average Bonchev–Trinajstić information content (AvgIpc) is 3.01. The van der Waals surface area contributed by atoms with Crippen LogP contribution in [0.15, 0.2) is 0 Å². The molecule has 0 spiro atoms. The molecule has 88 valence electrons. The van der Waals surface area contributed by atoms with Crippen molar-refractivity contribution in [1.82, 2.24) is 5.32 Å². The van der Waals surface area contributed by atoms with Crippen LogP contribution in [0.5, 0.6) is 0 Å². The van der Waals surface area contributed by atoms with Gasteiger partial charge in [-0.2, -0.15) is 0 Å². The van der Waals surface area contributed by atoms with E-state index in [1.165, 1.54) is 25.7 Å². The summed E-state index contributed by atoms with van der Waals surface area (Å²) in [6.45, 7) is 7.81. The molecule has 1 aliphatic heterocycles. The lowest BCUT2D eigenvalue weighted by Crippen LogP contribution is -2.45. The zero-order chi connectivity index (χ0) is 10.8. The largest absolute Gasteiger partial charge is 0.378 e. The van der Waals surface area contributed by atoms with Gasteiger partial charge in [-0.05, 0) is 44.4 Å². The summed E-state index contributed by atoms with van der Waals surface area (Å²) in [7, 11) is 0. The van der Waals surface area contributed by atoms with Gasteiger partial charge in [-0.15, -0.1) is 0 Å². The zero-order valence-corrected chi connectivity index (χ0v) is 10.3. The molecule has 2 rings (SSSR count). The van der Waals surface area contributed by atoms with Crippen LogP contribution < -0.4 is 5.32 Å².